The molecule has 5 heteroatoms. The van der Waals surface area contributed by atoms with E-state index in [-0.39, 0.29) is 18.4 Å². The maximum Gasteiger partial charge on any atom is 0.261 e. The van der Waals surface area contributed by atoms with Gasteiger partial charge in [-0.1, -0.05) is 56.3 Å². The topological polar surface area (TPSA) is 58.6 Å². The maximum atomic E-state index is 13.0. The Morgan fingerprint density at radius 3 is 2.40 bits per heavy atom. The largest absolute Gasteiger partial charge is 0.483 e. The predicted molar refractivity (Wildman–Crippen MR) is 121 cm³/mol. The Hall–Kier alpha value is -2.82. The lowest BCUT2D eigenvalue weighted by molar-refractivity contribution is -0.141. The molecule has 0 aliphatic carbocycles. The maximum absolute atomic E-state index is 13.0. The van der Waals surface area contributed by atoms with E-state index in [1.807, 2.05) is 76.2 Å². The van der Waals surface area contributed by atoms with Crippen LogP contribution in [-0.4, -0.2) is 42.5 Å². The van der Waals surface area contributed by atoms with Gasteiger partial charge in [0, 0.05) is 13.1 Å². The van der Waals surface area contributed by atoms with Crippen molar-refractivity contribution in [2.24, 2.45) is 5.92 Å². The molecule has 2 amide bonds. The fraction of sp³-hybridized carbons (Fsp3) is 0.440. The van der Waals surface area contributed by atoms with Crippen molar-refractivity contribution in [2.45, 2.75) is 47.1 Å². The highest BCUT2D eigenvalue weighted by atomic mass is 16.5. The first kappa shape index (κ1) is 23.5. The number of hydrogen-bond donors (Lipinski definition) is 1. The number of aryl methyl sites for hydroxylation is 2. The predicted octanol–water partition coefficient (Wildman–Crippen LogP) is 3.91. The molecule has 0 bridgehead atoms. The average Bonchev–Trinajstić information content (AvgIpc) is 2.73. The molecule has 0 aliphatic heterocycles. The van der Waals surface area contributed by atoms with E-state index in [4.69, 9.17) is 4.74 Å². The van der Waals surface area contributed by atoms with Crippen LogP contribution in [0.2, 0.25) is 0 Å². The van der Waals surface area contributed by atoms with Crippen molar-refractivity contribution in [3.8, 4) is 5.75 Å². The Morgan fingerprint density at radius 2 is 1.73 bits per heavy atom. The second-order valence-electron chi connectivity index (χ2n) is 8.20. The molecule has 0 aliphatic rings. The first-order valence-corrected chi connectivity index (χ1v) is 10.6. The molecule has 0 fully saturated rings. The summed E-state index contributed by atoms with van der Waals surface area (Å²) in [6.07, 6.45) is 0.678. The lowest BCUT2D eigenvalue weighted by atomic mass is 10.1. The minimum absolute atomic E-state index is 0.0963. The third-order valence-corrected chi connectivity index (χ3v) is 5.03. The van der Waals surface area contributed by atoms with Crippen molar-refractivity contribution in [1.29, 1.82) is 0 Å². The van der Waals surface area contributed by atoms with E-state index < -0.39 is 6.04 Å². The van der Waals surface area contributed by atoms with Gasteiger partial charge in [-0.15, -0.1) is 0 Å². The minimum Gasteiger partial charge on any atom is -0.483 e. The first-order valence-electron chi connectivity index (χ1n) is 10.6. The fourth-order valence-corrected chi connectivity index (χ4v) is 3.11. The number of nitrogens with one attached hydrogen (secondary N) is 1. The number of hydrogen-bond acceptors (Lipinski definition) is 3. The number of carbonyl (C=O) groups is 2. The normalized spacial score (nSPS) is 11.8. The number of amides is 2. The Labute approximate surface area is 180 Å². The lowest BCUT2D eigenvalue weighted by Gasteiger charge is -2.29. The van der Waals surface area contributed by atoms with Crippen LogP contribution >= 0.6 is 0 Å². The summed E-state index contributed by atoms with van der Waals surface area (Å²) in [6.45, 7) is 10.7. The van der Waals surface area contributed by atoms with Gasteiger partial charge in [-0.05, 0) is 55.9 Å². The van der Waals surface area contributed by atoms with Crippen LogP contribution in [0, 0.1) is 19.8 Å². The lowest BCUT2D eigenvalue weighted by Crippen LogP contribution is -2.50. The van der Waals surface area contributed by atoms with Gasteiger partial charge < -0.3 is 15.0 Å². The molecule has 0 spiro atoms. The second-order valence-corrected chi connectivity index (χ2v) is 8.20. The first-order chi connectivity index (χ1) is 14.3. The van der Waals surface area contributed by atoms with Crippen molar-refractivity contribution in [3.63, 3.8) is 0 Å². The summed E-state index contributed by atoms with van der Waals surface area (Å²) in [5, 5.41) is 2.93. The molecule has 0 aromatic heterocycles. The summed E-state index contributed by atoms with van der Waals surface area (Å²) in [7, 11) is 0. The molecule has 2 aromatic carbocycles. The molecule has 0 saturated heterocycles. The van der Waals surface area contributed by atoms with Crippen LogP contribution in [0.25, 0.3) is 0 Å². The highest BCUT2D eigenvalue weighted by molar-refractivity contribution is 5.88. The highest BCUT2D eigenvalue weighted by Crippen LogP contribution is 2.19. The van der Waals surface area contributed by atoms with Crippen LogP contribution in [0.1, 0.15) is 37.5 Å². The summed E-state index contributed by atoms with van der Waals surface area (Å²) >= 11 is 0. The van der Waals surface area contributed by atoms with E-state index in [2.05, 4.69) is 5.32 Å². The van der Waals surface area contributed by atoms with Gasteiger partial charge in [0.1, 0.15) is 11.8 Å². The molecule has 162 valence electrons. The SMILES string of the molecule is Cc1ccc(C)c(OCC(=O)N(CCc2ccccc2)[C@@H](C)C(=O)NCC(C)C)c1. The minimum atomic E-state index is -0.567. The third-order valence-electron chi connectivity index (χ3n) is 5.03. The smallest absolute Gasteiger partial charge is 0.261 e. The van der Waals surface area contributed by atoms with E-state index in [0.29, 0.717) is 31.2 Å². The summed E-state index contributed by atoms with van der Waals surface area (Å²) in [4.78, 5) is 27.3. The van der Waals surface area contributed by atoms with E-state index in [0.717, 1.165) is 16.7 Å². The van der Waals surface area contributed by atoms with E-state index in [1.165, 1.54) is 0 Å². The van der Waals surface area contributed by atoms with Gasteiger partial charge >= 0.3 is 0 Å². The number of benzene rings is 2. The van der Waals surface area contributed by atoms with Crippen LogP contribution in [-0.2, 0) is 16.0 Å². The van der Waals surface area contributed by atoms with Gasteiger partial charge in [0.15, 0.2) is 6.61 Å². The zero-order valence-electron chi connectivity index (χ0n) is 18.8. The molecule has 0 unspecified atom stereocenters. The highest BCUT2D eigenvalue weighted by Gasteiger charge is 2.26. The summed E-state index contributed by atoms with van der Waals surface area (Å²) in [5.41, 5.74) is 3.18. The van der Waals surface area contributed by atoms with Gasteiger partial charge in [0.25, 0.3) is 5.91 Å². The molecule has 5 nitrogen and oxygen atoms in total. The zero-order chi connectivity index (χ0) is 22.1. The summed E-state index contributed by atoms with van der Waals surface area (Å²) in [5.74, 6) is 0.710. The zero-order valence-corrected chi connectivity index (χ0v) is 18.8. The molecule has 2 rings (SSSR count). The van der Waals surface area contributed by atoms with Crippen LogP contribution in [0.15, 0.2) is 48.5 Å². The molecule has 0 heterocycles. The molecule has 30 heavy (non-hydrogen) atoms. The van der Waals surface area contributed by atoms with Crippen LogP contribution in [0.4, 0.5) is 0 Å². The molecular formula is C25H34N2O3. The summed E-state index contributed by atoms with van der Waals surface area (Å²) in [6, 6.07) is 15.3. The monoisotopic (exact) mass is 410 g/mol. The summed E-state index contributed by atoms with van der Waals surface area (Å²) < 4.78 is 5.82. The van der Waals surface area contributed by atoms with Crippen LogP contribution in [0.3, 0.4) is 0 Å². The number of nitrogens with zero attached hydrogens (tertiary/aromatic N) is 1. The number of ether oxygens (including phenoxy) is 1. The molecular weight excluding hydrogens is 376 g/mol. The molecule has 0 saturated carbocycles. The number of carbonyl (C=O) groups excluding carboxylic acids is 2. The Morgan fingerprint density at radius 1 is 1.03 bits per heavy atom. The second kappa shape index (κ2) is 11.4. The van der Waals surface area contributed by atoms with E-state index >= 15 is 0 Å². The van der Waals surface area contributed by atoms with Gasteiger partial charge in [0.05, 0.1) is 0 Å². The Bertz CT molecular complexity index is 834. The molecule has 2 aromatic rings. The number of rotatable bonds is 10. The standard InChI is InChI=1S/C25H34N2O3/c1-18(2)16-26-25(29)21(5)27(14-13-22-9-7-6-8-10-22)24(28)17-30-23-15-19(3)11-12-20(23)4/h6-12,15,18,21H,13-14,16-17H2,1-5H3,(H,26,29)/t21-/m0/s1. The fourth-order valence-electron chi connectivity index (χ4n) is 3.11. The van der Waals surface area contributed by atoms with Crippen molar-refractivity contribution >= 4 is 11.8 Å². The molecule has 1 atom stereocenters. The van der Waals surface area contributed by atoms with Crippen molar-refractivity contribution < 1.29 is 14.3 Å². The van der Waals surface area contributed by atoms with E-state index in [1.54, 1.807) is 11.8 Å². The van der Waals surface area contributed by atoms with Crippen LogP contribution < -0.4 is 10.1 Å². The molecule has 0 radical (unpaired) electrons. The quantitative estimate of drug-likeness (QED) is 0.646. The Kier molecular flexibility index (Phi) is 8.90. The van der Waals surface area contributed by atoms with Crippen molar-refractivity contribution in [2.75, 3.05) is 19.7 Å². The van der Waals surface area contributed by atoms with E-state index in [9.17, 15) is 9.59 Å². The Balaban J connectivity index is 2.08. The van der Waals surface area contributed by atoms with Gasteiger partial charge in [-0.2, -0.15) is 0 Å². The third kappa shape index (κ3) is 7.21. The molecule has 1 N–H and O–H groups in total. The van der Waals surface area contributed by atoms with Crippen molar-refractivity contribution in [3.05, 3.63) is 65.2 Å². The van der Waals surface area contributed by atoms with Crippen LogP contribution in [0.5, 0.6) is 5.75 Å². The van der Waals surface area contributed by atoms with Crippen molar-refractivity contribution in [1.82, 2.24) is 10.2 Å². The van der Waals surface area contributed by atoms with Gasteiger partial charge in [-0.3, -0.25) is 9.59 Å². The average molecular weight is 411 g/mol. The van der Waals surface area contributed by atoms with Gasteiger partial charge in [0.2, 0.25) is 5.91 Å². The van der Waals surface area contributed by atoms with Gasteiger partial charge in [-0.25, -0.2) is 0 Å².